The normalized spacial score (nSPS) is 15.7. The second-order valence-corrected chi connectivity index (χ2v) is 12.3. The summed E-state index contributed by atoms with van der Waals surface area (Å²) in [5, 5.41) is 0. The van der Waals surface area contributed by atoms with Gasteiger partial charge in [-0.05, 0) is 45.9 Å². The van der Waals surface area contributed by atoms with Gasteiger partial charge in [0.15, 0.2) is 0 Å². The summed E-state index contributed by atoms with van der Waals surface area (Å²) in [6.45, 7) is 28.1. The monoisotopic (exact) mass is 448 g/mol. The first-order valence-electron chi connectivity index (χ1n) is 13.1. The second kappa shape index (κ2) is 9.72. The van der Waals surface area contributed by atoms with Crippen molar-refractivity contribution >= 4 is 11.4 Å². The molecule has 2 aromatic rings. The Bertz CT molecular complexity index is 822. The van der Waals surface area contributed by atoms with Gasteiger partial charge in [0.05, 0.1) is 0 Å². The summed E-state index contributed by atoms with van der Waals surface area (Å²) < 4.78 is 0. The molecule has 0 aromatic heterocycles. The van der Waals surface area contributed by atoms with Crippen LogP contribution in [-0.4, -0.2) is 19.3 Å². The van der Waals surface area contributed by atoms with E-state index in [0.717, 1.165) is 13.1 Å². The summed E-state index contributed by atoms with van der Waals surface area (Å²) >= 11 is 0. The van der Waals surface area contributed by atoms with Crippen LogP contribution in [0.25, 0.3) is 0 Å². The van der Waals surface area contributed by atoms with E-state index in [2.05, 4.69) is 122 Å². The third kappa shape index (κ3) is 4.96. The molecule has 2 aromatic carbocycles. The van der Waals surface area contributed by atoms with Gasteiger partial charge in [-0.3, -0.25) is 0 Å². The second-order valence-electron chi connectivity index (χ2n) is 12.3. The van der Waals surface area contributed by atoms with Gasteiger partial charge in [0.25, 0.3) is 0 Å². The van der Waals surface area contributed by atoms with E-state index in [1.54, 1.807) is 0 Å². The molecule has 0 radical (unpaired) electrons. The molecule has 1 saturated heterocycles. The number of para-hydroxylation sites is 2. The molecule has 1 aliphatic rings. The first-order valence-corrected chi connectivity index (χ1v) is 13.1. The van der Waals surface area contributed by atoms with Crippen molar-refractivity contribution in [3.05, 3.63) is 58.7 Å². The summed E-state index contributed by atoms with van der Waals surface area (Å²) in [4.78, 5) is 5.51. The van der Waals surface area contributed by atoms with Crippen LogP contribution in [0.3, 0.4) is 0 Å². The number of anilines is 2. The van der Waals surface area contributed by atoms with Crippen molar-refractivity contribution in [1.82, 2.24) is 0 Å². The van der Waals surface area contributed by atoms with Crippen molar-refractivity contribution in [3.8, 4) is 0 Å². The molecule has 2 nitrogen and oxygen atoms in total. The fourth-order valence-corrected chi connectivity index (χ4v) is 5.72. The molecule has 0 amide bonds. The van der Waals surface area contributed by atoms with E-state index >= 15 is 0 Å². The first kappa shape index (κ1) is 25.7. The quantitative estimate of drug-likeness (QED) is 0.435. The van der Waals surface area contributed by atoms with Crippen LogP contribution in [0.5, 0.6) is 0 Å². The average Bonchev–Trinajstić information content (AvgIpc) is 3.17. The Morgan fingerprint density at radius 2 is 0.848 bits per heavy atom. The van der Waals surface area contributed by atoms with E-state index < -0.39 is 0 Å². The Morgan fingerprint density at radius 1 is 0.576 bits per heavy atom. The van der Waals surface area contributed by atoms with Gasteiger partial charge in [0.1, 0.15) is 6.17 Å². The number of hydrogen-bond donors (Lipinski definition) is 0. The lowest BCUT2D eigenvalue weighted by molar-refractivity contribution is 0.321. The number of hydrogen-bond acceptors (Lipinski definition) is 2. The molecule has 0 atom stereocenters. The van der Waals surface area contributed by atoms with Gasteiger partial charge in [-0.2, -0.15) is 0 Å². The van der Waals surface area contributed by atoms with Gasteiger partial charge in [0.2, 0.25) is 0 Å². The van der Waals surface area contributed by atoms with Crippen molar-refractivity contribution in [2.75, 3.05) is 22.9 Å². The minimum absolute atomic E-state index is 0.104. The van der Waals surface area contributed by atoms with Crippen molar-refractivity contribution < 1.29 is 0 Å². The van der Waals surface area contributed by atoms with Crippen LogP contribution in [0.4, 0.5) is 11.4 Å². The lowest BCUT2D eigenvalue weighted by Crippen LogP contribution is -2.49. The van der Waals surface area contributed by atoms with Crippen molar-refractivity contribution in [2.24, 2.45) is 5.41 Å². The Labute approximate surface area is 204 Å². The van der Waals surface area contributed by atoms with Crippen LogP contribution < -0.4 is 9.80 Å². The van der Waals surface area contributed by atoms with Gasteiger partial charge < -0.3 is 9.80 Å². The van der Waals surface area contributed by atoms with Crippen LogP contribution in [0.2, 0.25) is 0 Å². The van der Waals surface area contributed by atoms with E-state index in [0.29, 0.717) is 29.8 Å². The van der Waals surface area contributed by atoms with Crippen molar-refractivity contribution in [3.63, 3.8) is 0 Å². The lowest BCUT2D eigenvalue weighted by atomic mass is 9.86. The molecular weight excluding hydrogens is 400 g/mol. The molecule has 2 heteroatoms. The molecule has 33 heavy (non-hydrogen) atoms. The predicted molar refractivity (Wildman–Crippen MR) is 147 cm³/mol. The number of rotatable bonds is 6. The summed E-state index contributed by atoms with van der Waals surface area (Å²) in [7, 11) is 0. The summed E-state index contributed by atoms with van der Waals surface area (Å²) in [6.07, 6.45) is 0.312. The SMILES string of the molecule is CC(C)c1cccc(C(C)C)c1N1CCN(c2c(C(C)C)cccc2C(C)C)C1C(C)(C)C. The number of benzene rings is 2. The van der Waals surface area contributed by atoms with Gasteiger partial charge in [-0.1, -0.05) is 113 Å². The third-order valence-electron chi connectivity index (χ3n) is 7.21. The molecule has 0 bridgehead atoms. The maximum absolute atomic E-state index is 2.76. The van der Waals surface area contributed by atoms with Gasteiger partial charge >= 0.3 is 0 Å². The zero-order valence-corrected chi connectivity index (χ0v) is 23.2. The Balaban J connectivity index is 2.26. The molecule has 3 rings (SSSR count). The average molecular weight is 449 g/mol. The Kier molecular flexibility index (Phi) is 7.56. The summed E-state index contributed by atoms with van der Waals surface area (Å²) in [6, 6.07) is 14.0. The highest BCUT2D eigenvalue weighted by Crippen LogP contribution is 2.46. The van der Waals surface area contributed by atoms with Crippen molar-refractivity contribution in [2.45, 2.75) is 106 Å². The minimum Gasteiger partial charge on any atom is -0.348 e. The number of nitrogens with zero attached hydrogens (tertiary/aromatic N) is 2. The standard InChI is InChI=1S/C31H48N2/c1-20(2)24-14-12-15-25(21(3)4)28(24)32-18-19-33(30(32)31(9,10)11)29-26(22(5)6)16-13-17-27(29)23(7)8/h12-17,20-23,30H,18-19H2,1-11H3. The van der Waals surface area contributed by atoms with Crippen LogP contribution in [0.1, 0.15) is 122 Å². The highest BCUT2D eigenvalue weighted by atomic mass is 15.4. The minimum atomic E-state index is 0.104. The lowest BCUT2D eigenvalue weighted by Gasteiger charge is -2.44. The van der Waals surface area contributed by atoms with E-state index in [1.165, 1.54) is 33.6 Å². The zero-order valence-electron chi connectivity index (χ0n) is 23.2. The molecular formula is C31H48N2. The van der Waals surface area contributed by atoms with Gasteiger partial charge in [-0.15, -0.1) is 0 Å². The smallest absolute Gasteiger partial charge is 0.107 e. The summed E-state index contributed by atoms with van der Waals surface area (Å²) in [5.74, 6) is 2.01. The summed E-state index contributed by atoms with van der Waals surface area (Å²) in [5.41, 5.74) is 9.01. The molecule has 0 N–H and O–H groups in total. The molecule has 182 valence electrons. The van der Waals surface area contributed by atoms with Gasteiger partial charge in [-0.25, -0.2) is 0 Å². The molecule has 0 unspecified atom stereocenters. The molecule has 1 heterocycles. The van der Waals surface area contributed by atoms with Crippen LogP contribution in [0.15, 0.2) is 36.4 Å². The maximum atomic E-state index is 2.76. The molecule has 0 saturated carbocycles. The Morgan fingerprint density at radius 3 is 1.06 bits per heavy atom. The predicted octanol–water partition coefficient (Wildman–Crippen LogP) is 8.88. The van der Waals surface area contributed by atoms with Crippen molar-refractivity contribution in [1.29, 1.82) is 0 Å². The Hall–Kier alpha value is -1.96. The van der Waals surface area contributed by atoms with Crippen LogP contribution in [0, 0.1) is 5.41 Å². The molecule has 1 fully saturated rings. The fraction of sp³-hybridized carbons (Fsp3) is 0.613. The van der Waals surface area contributed by atoms with E-state index in [-0.39, 0.29) is 5.41 Å². The van der Waals surface area contributed by atoms with Crippen LogP contribution >= 0.6 is 0 Å². The van der Waals surface area contributed by atoms with E-state index in [4.69, 9.17) is 0 Å². The highest BCUT2D eigenvalue weighted by molar-refractivity contribution is 5.69. The molecule has 1 aliphatic heterocycles. The third-order valence-corrected chi connectivity index (χ3v) is 7.21. The maximum Gasteiger partial charge on any atom is 0.107 e. The topological polar surface area (TPSA) is 6.48 Å². The van der Waals surface area contributed by atoms with Gasteiger partial charge in [0, 0.05) is 29.9 Å². The molecule has 0 aliphatic carbocycles. The van der Waals surface area contributed by atoms with Crippen LogP contribution in [-0.2, 0) is 0 Å². The fourth-order valence-electron chi connectivity index (χ4n) is 5.72. The zero-order chi connectivity index (χ0) is 24.7. The largest absolute Gasteiger partial charge is 0.348 e. The van der Waals surface area contributed by atoms with E-state index in [1.807, 2.05) is 0 Å². The highest BCUT2D eigenvalue weighted by Gasteiger charge is 2.43. The molecule has 0 spiro atoms. The van der Waals surface area contributed by atoms with E-state index in [9.17, 15) is 0 Å². The first-order chi connectivity index (χ1) is 15.4.